The summed E-state index contributed by atoms with van der Waals surface area (Å²) in [5.74, 6) is 0.120. The summed E-state index contributed by atoms with van der Waals surface area (Å²) < 4.78 is 1.68. The lowest BCUT2D eigenvalue weighted by molar-refractivity contribution is -0.131. The van der Waals surface area contributed by atoms with E-state index in [1.165, 1.54) is 18.2 Å². The van der Waals surface area contributed by atoms with E-state index in [-0.39, 0.29) is 16.7 Å². The molecule has 4 rings (SSSR count). The van der Waals surface area contributed by atoms with Gasteiger partial charge in [-0.25, -0.2) is 4.98 Å². The molecule has 0 unspecified atom stereocenters. The number of piperidine rings is 1. The third kappa shape index (κ3) is 3.88. The van der Waals surface area contributed by atoms with Crippen molar-refractivity contribution in [1.82, 2.24) is 14.5 Å². The van der Waals surface area contributed by atoms with Crippen molar-refractivity contribution in [2.75, 3.05) is 13.1 Å². The van der Waals surface area contributed by atoms with Crippen LogP contribution in [0.2, 0.25) is 0 Å². The Morgan fingerprint density at radius 3 is 2.53 bits per heavy atom. The van der Waals surface area contributed by atoms with Gasteiger partial charge in [0.25, 0.3) is 5.56 Å². The fourth-order valence-electron chi connectivity index (χ4n) is 3.96. The number of benzene rings is 2. The Labute approximate surface area is 181 Å². The molecule has 6 heteroatoms. The molecule has 5 nitrogen and oxygen atoms in total. The molecule has 1 fully saturated rings. The number of rotatable bonds is 4. The lowest BCUT2D eigenvalue weighted by atomic mass is 10.1. The van der Waals surface area contributed by atoms with Gasteiger partial charge in [-0.1, -0.05) is 36.0 Å². The number of likely N-dealkylation sites (tertiary alicyclic amines) is 1. The number of amides is 1. The largest absolute Gasteiger partial charge is 0.342 e. The maximum atomic E-state index is 13.5. The van der Waals surface area contributed by atoms with Crippen LogP contribution >= 0.6 is 11.8 Å². The number of fused-ring (bicyclic) bond motifs is 1. The highest BCUT2D eigenvalue weighted by Gasteiger charge is 2.25. The van der Waals surface area contributed by atoms with E-state index < -0.39 is 0 Å². The summed E-state index contributed by atoms with van der Waals surface area (Å²) in [5.41, 5.74) is 3.52. The predicted molar refractivity (Wildman–Crippen MR) is 123 cm³/mol. The Balaban J connectivity index is 1.81. The van der Waals surface area contributed by atoms with Gasteiger partial charge in [0.1, 0.15) is 0 Å². The number of carbonyl (C=O) groups is 1. The third-order valence-corrected chi connectivity index (χ3v) is 6.90. The van der Waals surface area contributed by atoms with Gasteiger partial charge in [0.2, 0.25) is 5.91 Å². The van der Waals surface area contributed by atoms with Crippen LogP contribution in [-0.2, 0) is 4.79 Å². The van der Waals surface area contributed by atoms with Crippen LogP contribution in [0.15, 0.2) is 52.4 Å². The van der Waals surface area contributed by atoms with Crippen molar-refractivity contribution in [2.45, 2.75) is 50.4 Å². The molecule has 30 heavy (non-hydrogen) atoms. The van der Waals surface area contributed by atoms with Crippen LogP contribution in [0.4, 0.5) is 0 Å². The second kappa shape index (κ2) is 8.64. The maximum absolute atomic E-state index is 13.5. The molecule has 0 spiro atoms. The fraction of sp³-hybridized carbons (Fsp3) is 0.375. The zero-order chi connectivity index (χ0) is 21.3. The molecule has 0 bridgehead atoms. The average molecular weight is 422 g/mol. The van der Waals surface area contributed by atoms with Crippen LogP contribution in [0.5, 0.6) is 0 Å². The fourth-order valence-corrected chi connectivity index (χ4v) is 4.97. The van der Waals surface area contributed by atoms with Gasteiger partial charge in [0, 0.05) is 13.1 Å². The highest BCUT2D eigenvalue weighted by molar-refractivity contribution is 8.00. The molecule has 2 aromatic carbocycles. The lowest BCUT2D eigenvalue weighted by Crippen LogP contribution is -2.40. The maximum Gasteiger partial charge on any atom is 0.266 e. The number of nitrogens with zero attached hydrogens (tertiary/aromatic N) is 3. The zero-order valence-electron chi connectivity index (χ0n) is 17.7. The smallest absolute Gasteiger partial charge is 0.266 e. The van der Waals surface area contributed by atoms with Gasteiger partial charge < -0.3 is 4.90 Å². The van der Waals surface area contributed by atoms with Crippen molar-refractivity contribution in [1.29, 1.82) is 0 Å². The summed E-state index contributed by atoms with van der Waals surface area (Å²) in [6.07, 6.45) is 3.30. The lowest BCUT2D eigenvalue weighted by Gasteiger charge is -2.29. The van der Waals surface area contributed by atoms with Crippen LogP contribution < -0.4 is 5.56 Å². The zero-order valence-corrected chi connectivity index (χ0v) is 18.5. The second-order valence-corrected chi connectivity index (χ2v) is 9.23. The number of carbonyl (C=O) groups excluding carboxylic acids is 1. The van der Waals surface area contributed by atoms with E-state index in [4.69, 9.17) is 4.98 Å². The summed E-state index contributed by atoms with van der Waals surface area (Å²) in [5, 5.41) is 0.829. The van der Waals surface area contributed by atoms with Gasteiger partial charge in [-0.05, 0) is 69.4 Å². The molecule has 1 aliphatic rings. The van der Waals surface area contributed by atoms with Crippen LogP contribution in [0, 0.1) is 13.8 Å². The summed E-state index contributed by atoms with van der Waals surface area (Å²) in [6, 6.07) is 13.3. The number of aryl methyl sites for hydroxylation is 1. The topological polar surface area (TPSA) is 55.2 Å². The van der Waals surface area contributed by atoms with Crippen molar-refractivity contribution in [3.63, 3.8) is 0 Å². The molecule has 0 saturated carbocycles. The van der Waals surface area contributed by atoms with Crippen LogP contribution in [0.1, 0.15) is 37.3 Å². The van der Waals surface area contributed by atoms with E-state index in [1.54, 1.807) is 4.57 Å². The molecule has 0 aliphatic carbocycles. The number of hydrogen-bond donors (Lipinski definition) is 0. The Morgan fingerprint density at radius 2 is 1.77 bits per heavy atom. The highest BCUT2D eigenvalue weighted by Crippen LogP contribution is 2.28. The Morgan fingerprint density at radius 1 is 1.03 bits per heavy atom. The first-order valence-corrected chi connectivity index (χ1v) is 11.4. The summed E-state index contributed by atoms with van der Waals surface area (Å²) in [7, 11) is 0. The SMILES string of the molecule is Cc1cccc(-n2c(S[C@@H](C)C(=O)N3CCCCC3)nc3ccccc3c2=O)c1C. The quantitative estimate of drug-likeness (QED) is 0.460. The molecular formula is C24H27N3O2S. The summed E-state index contributed by atoms with van der Waals surface area (Å²) >= 11 is 1.37. The molecule has 1 aromatic heterocycles. The Hall–Kier alpha value is -2.60. The average Bonchev–Trinajstić information content (AvgIpc) is 2.76. The van der Waals surface area contributed by atoms with Gasteiger partial charge in [0.15, 0.2) is 5.16 Å². The number of hydrogen-bond acceptors (Lipinski definition) is 4. The molecule has 156 valence electrons. The molecular weight excluding hydrogens is 394 g/mol. The highest BCUT2D eigenvalue weighted by atomic mass is 32.2. The molecule has 2 heterocycles. The van der Waals surface area contributed by atoms with Gasteiger partial charge >= 0.3 is 0 Å². The number of thioether (sulfide) groups is 1. The van der Waals surface area contributed by atoms with Gasteiger partial charge in [-0.2, -0.15) is 0 Å². The first-order chi connectivity index (χ1) is 14.5. The van der Waals surface area contributed by atoms with Crippen molar-refractivity contribution in [3.8, 4) is 5.69 Å². The summed E-state index contributed by atoms with van der Waals surface area (Å²) in [4.78, 5) is 33.2. The van der Waals surface area contributed by atoms with Crippen LogP contribution in [-0.4, -0.2) is 38.7 Å². The van der Waals surface area contributed by atoms with E-state index in [9.17, 15) is 9.59 Å². The minimum Gasteiger partial charge on any atom is -0.342 e. The van der Waals surface area contributed by atoms with Gasteiger partial charge in [0.05, 0.1) is 21.8 Å². The molecule has 3 aromatic rings. The molecule has 0 N–H and O–H groups in total. The second-order valence-electron chi connectivity index (χ2n) is 7.92. The van der Waals surface area contributed by atoms with Crippen molar-refractivity contribution < 1.29 is 4.79 Å². The minimum atomic E-state index is -0.312. The van der Waals surface area contributed by atoms with E-state index >= 15 is 0 Å². The predicted octanol–water partition coefficient (Wildman–Crippen LogP) is 4.50. The minimum absolute atomic E-state index is 0.102. The van der Waals surface area contributed by atoms with Crippen molar-refractivity contribution in [3.05, 3.63) is 63.9 Å². The summed E-state index contributed by atoms with van der Waals surface area (Å²) in [6.45, 7) is 7.60. The van der Waals surface area contributed by atoms with E-state index in [0.717, 1.165) is 42.7 Å². The van der Waals surface area contributed by atoms with Gasteiger partial charge in [-0.15, -0.1) is 0 Å². The first kappa shape index (κ1) is 20.7. The normalized spacial score (nSPS) is 15.4. The number of para-hydroxylation sites is 1. The molecule has 1 saturated heterocycles. The Kier molecular flexibility index (Phi) is 5.95. The van der Waals surface area contributed by atoms with E-state index in [2.05, 4.69) is 0 Å². The molecule has 1 aliphatic heterocycles. The monoisotopic (exact) mass is 421 g/mol. The van der Waals surface area contributed by atoms with Crippen molar-refractivity contribution in [2.24, 2.45) is 0 Å². The molecule has 1 atom stereocenters. The van der Waals surface area contributed by atoms with Crippen LogP contribution in [0.25, 0.3) is 16.6 Å². The third-order valence-electron chi connectivity index (χ3n) is 5.86. The standard InChI is InChI=1S/C24H27N3O2S/c1-16-10-9-13-21(17(16)2)27-23(29)19-11-5-6-12-20(19)25-24(27)30-18(3)22(28)26-14-7-4-8-15-26/h5-6,9-13,18H,4,7-8,14-15H2,1-3H3/t18-/m0/s1. The van der Waals surface area contributed by atoms with E-state index in [1.807, 2.05) is 68.1 Å². The van der Waals surface area contributed by atoms with Crippen LogP contribution in [0.3, 0.4) is 0 Å². The molecule has 0 radical (unpaired) electrons. The molecule has 1 amide bonds. The Bertz CT molecular complexity index is 1150. The van der Waals surface area contributed by atoms with Crippen molar-refractivity contribution >= 4 is 28.6 Å². The van der Waals surface area contributed by atoms with E-state index in [0.29, 0.717) is 16.1 Å². The van der Waals surface area contributed by atoms with Gasteiger partial charge in [-0.3, -0.25) is 14.2 Å². The number of aromatic nitrogens is 2. The first-order valence-electron chi connectivity index (χ1n) is 10.5.